The van der Waals surface area contributed by atoms with Crippen molar-refractivity contribution < 1.29 is 9.53 Å². The molecule has 3 heterocycles. The molecule has 3 aliphatic rings. The monoisotopic (exact) mass is 389 g/mol. The van der Waals surface area contributed by atoms with Gasteiger partial charge in [0.15, 0.2) is 6.23 Å². The van der Waals surface area contributed by atoms with Crippen molar-refractivity contribution in [2.45, 2.75) is 44.9 Å². The molecule has 1 aromatic heterocycles. The Morgan fingerprint density at radius 2 is 2.14 bits per heavy atom. The summed E-state index contributed by atoms with van der Waals surface area (Å²) in [6.07, 6.45) is 3.17. The van der Waals surface area contributed by atoms with Crippen molar-refractivity contribution in [2.75, 3.05) is 16.8 Å². The highest BCUT2D eigenvalue weighted by Crippen LogP contribution is 2.58. The molecule has 0 spiro atoms. The van der Waals surface area contributed by atoms with Gasteiger partial charge in [-0.1, -0.05) is 30.3 Å². The zero-order valence-corrected chi connectivity index (χ0v) is 16.3. The Morgan fingerprint density at radius 3 is 2.86 bits per heavy atom. The predicted octanol–water partition coefficient (Wildman–Crippen LogP) is 2.82. The fourth-order valence-corrected chi connectivity index (χ4v) is 4.49. The van der Waals surface area contributed by atoms with Gasteiger partial charge in [0.05, 0.1) is 17.9 Å². The van der Waals surface area contributed by atoms with E-state index in [1.807, 2.05) is 43.3 Å². The van der Waals surface area contributed by atoms with Crippen LogP contribution in [0.15, 0.2) is 36.4 Å². The fourth-order valence-electron chi connectivity index (χ4n) is 4.49. The van der Waals surface area contributed by atoms with Crippen LogP contribution in [0, 0.1) is 29.6 Å². The maximum absolute atomic E-state index is 12.4. The standard InChI is InChI=1S/C22H23N5O2/c1-14-11-17(25-21(24-14)26-18(28)12-15-5-3-2-4-6-15)27-10-9-22(13-23,16-7-8-16)19-20(27)29-19/h2-6,11,16,19-20H,7-10,12H2,1H3,(H,24,25,26,28)/t19?,20?,22-/m1/s1. The number of rotatable bonds is 5. The SMILES string of the molecule is Cc1cc(N2CC[C@@](C#N)(C3CC3)C3OC32)nc(NC(=O)Cc2ccccc2)n1. The van der Waals surface area contributed by atoms with Gasteiger partial charge in [-0.05, 0) is 37.7 Å². The Kier molecular flexibility index (Phi) is 4.25. The molecule has 5 rings (SSSR count). The molecule has 3 fully saturated rings. The predicted molar refractivity (Wildman–Crippen MR) is 107 cm³/mol. The summed E-state index contributed by atoms with van der Waals surface area (Å²) >= 11 is 0. The zero-order chi connectivity index (χ0) is 20.0. The third kappa shape index (κ3) is 3.34. The van der Waals surface area contributed by atoms with Crippen LogP contribution in [0.4, 0.5) is 11.8 Å². The van der Waals surface area contributed by atoms with E-state index in [1.54, 1.807) is 0 Å². The summed E-state index contributed by atoms with van der Waals surface area (Å²) in [4.78, 5) is 23.4. The van der Waals surface area contributed by atoms with Crippen molar-refractivity contribution in [1.82, 2.24) is 9.97 Å². The lowest BCUT2D eigenvalue weighted by Crippen LogP contribution is -2.45. The highest BCUT2D eigenvalue weighted by Gasteiger charge is 2.66. The lowest BCUT2D eigenvalue weighted by molar-refractivity contribution is -0.115. The summed E-state index contributed by atoms with van der Waals surface area (Å²) in [7, 11) is 0. The Hall–Kier alpha value is -2.98. The molecule has 2 saturated heterocycles. The minimum absolute atomic E-state index is 0.0415. The van der Waals surface area contributed by atoms with Gasteiger partial charge < -0.3 is 9.64 Å². The molecule has 7 nitrogen and oxygen atoms in total. The molecular formula is C22H23N5O2. The second-order valence-corrected chi connectivity index (χ2v) is 8.22. The van der Waals surface area contributed by atoms with Crippen molar-refractivity contribution in [2.24, 2.45) is 11.3 Å². The molecule has 29 heavy (non-hydrogen) atoms. The number of aromatic nitrogens is 2. The quantitative estimate of drug-likeness (QED) is 0.790. The maximum atomic E-state index is 12.4. The molecule has 0 bridgehead atoms. The summed E-state index contributed by atoms with van der Waals surface area (Å²) in [6, 6.07) is 14.1. The normalized spacial score (nSPS) is 27.7. The fraction of sp³-hybridized carbons (Fsp3) is 0.455. The number of epoxide rings is 1. The number of fused-ring (bicyclic) bond motifs is 1. The van der Waals surface area contributed by atoms with Gasteiger partial charge in [0.1, 0.15) is 11.9 Å². The van der Waals surface area contributed by atoms with Crippen molar-refractivity contribution in [1.29, 1.82) is 5.26 Å². The molecule has 1 aliphatic carbocycles. The van der Waals surface area contributed by atoms with Gasteiger partial charge in [-0.2, -0.15) is 10.2 Å². The molecule has 2 unspecified atom stereocenters. The molecule has 7 heteroatoms. The number of benzene rings is 1. The molecule has 0 radical (unpaired) electrons. The first-order valence-corrected chi connectivity index (χ1v) is 10.1. The number of piperidine rings is 1. The number of nitrogens with one attached hydrogen (secondary N) is 1. The minimum atomic E-state index is -0.337. The Balaban J connectivity index is 1.31. The Morgan fingerprint density at radius 1 is 1.34 bits per heavy atom. The van der Waals surface area contributed by atoms with Crippen molar-refractivity contribution in [3.8, 4) is 6.07 Å². The summed E-state index contributed by atoms with van der Waals surface area (Å²) in [5.74, 6) is 1.37. The van der Waals surface area contributed by atoms with E-state index in [1.165, 1.54) is 0 Å². The smallest absolute Gasteiger partial charge is 0.231 e. The topological polar surface area (TPSA) is 94.4 Å². The van der Waals surface area contributed by atoms with Crippen molar-refractivity contribution in [3.05, 3.63) is 47.7 Å². The number of hydrogen-bond acceptors (Lipinski definition) is 6. The number of nitrogens with zero attached hydrogens (tertiary/aromatic N) is 4. The van der Waals surface area contributed by atoms with Crippen LogP contribution in [0.3, 0.4) is 0 Å². The van der Waals surface area contributed by atoms with Gasteiger partial charge in [-0.3, -0.25) is 10.1 Å². The largest absolute Gasteiger partial charge is 0.346 e. The average molecular weight is 389 g/mol. The molecule has 2 aromatic rings. The van der Waals surface area contributed by atoms with Crippen LogP contribution in [0.1, 0.15) is 30.5 Å². The maximum Gasteiger partial charge on any atom is 0.231 e. The number of hydrogen-bond donors (Lipinski definition) is 1. The van der Waals surface area contributed by atoms with Crippen molar-refractivity contribution in [3.63, 3.8) is 0 Å². The van der Waals surface area contributed by atoms with Crippen LogP contribution in [0.25, 0.3) is 0 Å². The van der Waals surface area contributed by atoms with E-state index in [4.69, 9.17) is 4.74 Å². The first-order chi connectivity index (χ1) is 14.1. The molecule has 1 aromatic carbocycles. The van der Waals surface area contributed by atoms with Crippen LogP contribution in [-0.4, -0.2) is 34.8 Å². The van der Waals surface area contributed by atoms with E-state index >= 15 is 0 Å². The van der Waals surface area contributed by atoms with E-state index in [0.717, 1.165) is 42.9 Å². The minimum Gasteiger partial charge on any atom is -0.346 e. The second-order valence-electron chi connectivity index (χ2n) is 8.22. The third-order valence-electron chi connectivity index (χ3n) is 6.16. The lowest BCUT2D eigenvalue weighted by atomic mass is 9.75. The van der Waals surface area contributed by atoms with E-state index in [-0.39, 0.29) is 30.1 Å². The van der Waals surface area contributed by atoms with Gasteiger partial charge in [0.2, 0.25) is 11.9 Å². The number of amides is 1. The Labute approximate surface area is 169 Å². The summed E-state index contributed by atoms with van der Waals surface area (Å²) in [5, 5.41) is 12.6. The van der Waals surface area contributed by atoms with Gasteiger partial charge >= 0.3 is 0 Å². The van der Waals surface area contributed by atoms with Crippen LogP contribution in [0.5, 0.6) is 0 Å². The van der Waals surface area contributed by atoms with Crippen LogP contribution >= 0.6 is 0 Å². The molecule has 3 atom stereocenters. The van der Waals surface area contributed by atoms with E-state index in [2.05, 4.69) is 26.3 Å². The Bertz CT molecular complexity index is 984. The van der Waals surface area contributed by atoms with E-state index < -0.39 is 0 Å². The highest BCUT2D eigenvalue weighted by atomic mass is 16.6. The molecule has 1 saturated carbocycles. The van der Waals surface area contributed by atoms with Gasteiger partial charge in [0, 0.05) is 18.3 Å². The highest BCUT2D eigenvalue weighted by molar-refractivity contribution is 5.90. The summed E-state index contributed by atoms with van der Waals surface area (Å²) in [5.41, 5.74) is 1.38. The van der Waals surface area contributed by atoms with Crippen LogP contribution in [-0.2, 0) is 16.0 Å². The van der Waals surface area contributed by atoms with Gasteiger partial charge in [-0.15, -0.1) is 0 Å². The van der Waals surface area contributed by atoms with Crippen molar-refractivity contribution >= 4 is 17.7 Å². The molecular weight excluding hydrogens is 366 g/mol. The third-order valence-corrected chi connectivity index (χ3v) is 6.16. The van der Waals surface area contributed by atoms with Crippen LogP contribution < -0.4 is 10.2 Å². The average Bonchev–Trinajstić information content (AvgIpc) is 3.60. The molecule has 1 amide bonds. The van der Waals surface area contributed by atoms with E-state index in [9.17, 15) is 10.1 Å². The summed E-state index contributed by atoms with van der Waals surface area (Å²) in [6.45, 7) is 2.61. The van der Waals surface area contributed by atoms with Gasteiger partial charge in [-0.25, -0.2) is 4.98 Å². The number of carbonyl (C=O) groups excluding carboxylic acids is 1. The number of anilines is 2. The van der Waals surface area contributed by atoms with Gasteiger partial charge in [0.25, 0.3) is 0 Å². The lowest BCUT2D eigenvalue weighted by Gasteiger charge is -2.34. The first kappa shape index (κ1) is 18.1. The first-order valence-electron chi connectivity index (χ1n) is 10.1. The summed E-state index contributed by atoms with van der Waals surface area (Å²) < 4.78 is 5.95. The molecule has 148 valence electrons. The molecule has 2 aliphatic heterocycles. The number of ether oxygens (including phenoxy) is 1. The second kappa shape index (κ2) is 6.82. The number of aryl methyl sites for hydroxylation is 1. The number of nitriles is 1. The zero-order valence-electron chi connectivity index (χ0n) is 16.3. The molecule has 1 N–H and O–H groups in total. The number of carbonyl (C=O) groups is 1. The van der Waals surface area contributed by atoms with Crippen LogP contribution in [0.2, 0.25) is 0 Å². The van der Waals surface area contributed by atoms with E-state index in [0.29, 0.717) is 11.9 Å².